The molecule has 1 amide bonds. The maximum Gasteiger partial charge on any atom is 0.246 e. The van der Waals surface area contributed by atoms with Crippen molar-refractivity contribution in [1.29, 1.82) is 0 Å². The van der Waals surface area contributed by atoms with Gasteiger partial charge in [0.1, 0.15) is 11.4 Å². The van der Waals surface area contributed by atoms with Crippen LogP contribution in [0.5, 0.6) is 5.88 Å². The van der Waals surface area contributed by atoms with E-state index in [2.05, 4.69) is 39.6 Å². The first-order valence-electron chi connectivity index (χ1n) is 11.7. The Morgan fingerprint density at radius 2 is 1.88 bits per heavy atom. The van der Waals surface area contributed by atoms with Crippen molar-refractivity contribution in [2.45, 2.75) is 64.4 Å². The van der Waals surface area contributed by atoms with Gasteiger partial charge in [0.2, 0.25) is 11.8 Å². The molecule has 1 aliphatic carbocycles. The Bertz CT molecular complexity index is 1040. The molecule has 1 aromatic heterocycles. The number of nitrogen functional groups attached to an aromatic ring is 1. The molecule has 0 spiro atoms. The van der Waals surface area contributed by atoms with E-state index in [1.54, 1.807) is 6.92 Å². The van der Waals surface area contributed by atoms with Gasteiger partial charge in [-0.1, -0.05) is 24.3 Å². The standard InChI is InChI=1S/C25H33N5O3/c1-15-28-23(26)21-24(29-15)33-25(2,3)22(30-21)19-10-8-18(9-11-19)17-6-4-16(5-7-17)14-27-20(32)12-13-31/h8-11,16-17,31H,4-7,12-14H2,1-3H3,(H,27,32)(H2,26,28,29). The Hall–Kier alpha value is -3.00. The Kier molecular flexibility index (Phi) is 6.65. The molecule has 176 valence electrons. The van der Waals surface area contributed by atoms with Gasteiger partial charge in [-0.2, -0.15) is 4.98 Å². The number of anilines is 1. The van der Waals surface area contributed by atoms with Gasteiger partial charge >= 0.3 is 0 Å². The minimum Gasteiger partial charge on any atom is -0.463 e. The number of aryl methyl sites for hydroxylation is 1. The zero-order valence-electron chi connectivity index (χ0n) is 19.6. The second-order valence-electron chi connectivity index (χ2n) is 9.50. The molecule has 4 N–H and O–H groups in total. The summed E-state index contributed by atoms with van der Waals surface area (Å²) in [6.45, 7) is 6.35. The van der Waals surface area contributed by atoms with Gasteiger partial charge in [-0.3, -0.25) is 4.79 Å². The first kappa shape index (κ1) is 23.2. The number of rotatable bonds is 6. The fraction of sp³-hybridized carbons (Fsp3) is 0.520. The summed E-state index contributed by atoms with van der Waals surface area (Å²) < 4.78 is 6.16. The van der Waals surface area contributed by atoms with Crippen LogP contribution in [0.1, 0.15) is 68.8 Å². The number of fused-ring (bicyclic) bond motifs is 1. The third-order valence-electron chi connectivity index (χ3n) is 6.57. The number of hydrogen-bond acceptors (Lipinski definition) is 7. The van der Waals surface area contributed by atoms with Crippen LogP contribution in [0.3, 0.4) is 0 Å². The number of ether oxygens (including phenoxy) is 1. The number of hydrogen-bond donors (Lipinski definition) is 3. The molecular weight excluding hydrogens is 418 g/mol. The van der Waals surface area contributed by atoms with E-state index >= 15 is 0 Å². The predicted octanol–water partition coefficient (Wildman–Crippen LogP) is 3.43. The van der Waals surface area contributed by atoms with Crippen molar-refractivity contribution in [3.8, 4) is 5.88 Å². The molecule has 2 heterocycles. The van der Waals surface area contributed by atoms with Gasteiger partial charge < -0.3 is 20.9 Å². The van der Waals surface area contributed by atoms with Gasteiger partial charge in [0, 0.05) is 18.5 Å². The van der Waals surface area contributed by atoms with E-state index in [9.17, 15) is 4.79 Å². The van der Waals surface area contributed by atoms with Gasteiger partial charge in [-0.15, -0.1) is 0 Å². The Morgan fingerprint density at radius 3 is 2.55 bits per heavy atom. The van der Waals surface area contributed by atoms with E-state index in [1.165, 1.54) is 5.56 Å². The minimum atomic E-state index is -0.639. The van der Waals surface area contributed by atoms with Crippen molar-refractivity contribution < 1.29 is 14.6 Å². The van der Waals surface area contributed by atoms with Crippen molar-refractivity contribution >= 4 is 23.1 Å². The zero-order chi connectivity index (χ0) is 23.6. The molecule has 2 aromatic rings. The van der Waals surface area contributed by atoms with E-state index in [4.69, 9.17) is 20.6 Å². The summed E-state index contributed by atoms with van der Waals surface area (Å²) in [7, 11) is 0. The molecule has 2 aliphatic rings. The predicted molar refractivity (Wildman–Crippen MR) is 128 cm³/mol. The number of nitrogens with two attached hydrogens (primary N) is 1. The van der Waals surface area contributed by atoms with E-state index < -0.39 is 5.60 Å². The lowest BCUT2D eigenvalue weighted by molar-refractivity contribution is -0.121. The fourth-order valence-electron chi connectivity index (χ4n) is 4.75. The van der Waals surface area contributed by atoms with Gasteiger partial charge in [0.25, 0.3) is 0 Å². The van der Waals surface area contributed by atoms with Crippen LogP contribution in [-0.4, -0.2) is 45.4 Å². The molecule has 0 atom stereocenters. The highest BCUT2D eigenvalue weighted by molar-refractivity contribution is 6.09. The van der Waals surface area contributed by atoms with Crippen LogP contribution in [0.25, 0.3) is 0 Å². The number of carbonyl (C=O) groups excluding carboxylic acids is 1. The van der Waals surface area contributed by atoms with Crippen molar-refractivity contribution in [1.82, 2.24) is 15.3 Å². The smallest absolute Gasteiger partial charge is 0.246 e. The summed E-state index contributed by atoms with van der Waals surface area (Å²) in [5.41, 5.74) is 9.07. The molecule has 1 saturated carbocycles. The van der Waals surface area contributed by atoms with Crippen LogP contribution in [0.2, 0.25) is 0 Å². The highest BCUT2D eigenvalue weighted by Gasteiger charge is 2.35. The quantitative estimate of drug-likeness (QED) is 0.618. The molecule has 0 saturated heterocycles. The number of nitrogens with one attached hydrogen (secondary N) is 1. The molecule has 1 aliphatic heterocycles. The molecule has 8 nitrogen and oxygen atoms in total. The maximum absolute atomic E-state index is 11.6. The van der Waals surface area contributed by atoms with Gasteiger partial charge in [0.05, 0.1) is 12.3 Å². The monoisotopic (exact) mass is 451 g/mol. The second-order valence-corrected chi connectivity index (χ2v) is 9.50. The summed E-state index contributed by atoms with van der Waals surface area (Å²) in [5.74, 6) is 2.27. The number of carbonyl (C=O) groups is 1. The number of amides is 1. The minimum absolute atomic E-state index is 0.0705. The topological polar surface area (TPSA) is 123 Å². The van der Waals surface area contributed by atoms with Crippen LogP contribution in [0.4, 0.5) is 11.5 Å². The Labute approximate surface area is 194 Å². The summed E-state index contributed by atoms with van der Waals surface area (Å²) in [6, 6.07) is 8.59. The number of aliphatic hydroxyl groups is 1. The van der Waals surface area contributed by atoms with E-state index in [0.29, 0.717) is 41.6 Å². The van der Waals surface area contributed by atoms with Gasteiger partial charge in [0.15, 0.2) is 11.5 Å². The summed E-state index contributed by atoms with van der Waals surface area (Å²) in [6.07, 6.45) is 4.58. The molecule has 0 bridgehead atoms. The lowest BCUT2D eigenvalue weighted by Crippen LogP contribution is -2.41. The van der Waals surface area contributed by atoms with Crippen molar-refractivity contribution in [3.63, 3.8) is 0 Å². The highest BCUT2D eigenvalue weighted by Crippen LogP contribution is 2.40. The molecule has 1 aromatic carbocycles. The first-order chi connectivity index (χ1) is 15.8. The number of nitrogens with zero attached hydrogens (tertiary/aromatic N) is 3. The van der Waals surface area contributed by atoms with Crippen LogP contribution in [0, 0.1) is 12.8 Å². The van der Waals surface area contributed by atoms with Crippen molar-refractivity contribution in [2.75, 3.05) is 18.9 Å². The summed E-state index contributed by atoms with van der Waals surface area (Å²) >= 11 is 0. The maximum atomic E-state index is 11.6. The van der Waals surface area contributed by atoms with Gasteiger partial charge in [-0.25, -0.2) is 9.98 Å². The van der Waals surface area contributed by atoms with Crippen LogP contribution < -0.4 is 15.8 Å². The van der Waals surface area contributed by atoms with E-state index in [-0.39, 0.29) is 18.9 Å². The Morgan fingerprint density at radius 1 is 1.18 bits per heavy atom. The number of aromatic nitrogens is 2. The molecule has 33 heavy (non-hydrogen) atoms. The molecule has 8 heteroatoms. The van der Waals surface area contributed by atoms with Crippen LogP contribution >= 0.6 is 0 Å². The number of aliphatic imine (C=N–C) groups is 1. The third-order valence-corrected chi connectivity index (χ3v) is 6.57. The SMILES string of the molecule is Cc1nc(N)c2c(n1)OC(C)(C)C(c1ccc(C3CCC(CNC(=O)CCO)CC3)cc1)=N2. The Balaban J connectivity index is 1.43. The first-order valence-corrected chi connectivity index (χ1v) is 11.7. The molecule has 1 fully saturated rings. The average molecular weight is 452 g/mol. The lowest BCUT2D eigenvalue weighted by atomic mass is 9.78. The van der Waals surface area contributed by atoms with E-state index in [1.807, 2.05) is 13.8 Å². The van der Waals surface area contributed by atoms with Crippen molar-refractivity contribution in [3.05, 3.63) is 41.2 Å². The van der Waals surface area contributed by atoms with Crippen LogP contribution in [-0.2, 0) is 4.79 Å². The van der Waals surface area contributed by atoms with Gasteiger partial charge in [-0.05, 0) is 63.9 Å². The third kappa shape index (κ3) is 5.16. The molecule has 4 rings (SSSR count). The molecule has 0 unspecified atom stereocenters. The van der Waals surface area contributed by atoms with Crippen LogP contribution in [0.15, 0.2) is 29.3 Å². The lowest BCUT2D eigenvalue weighted by Gasteiger charge is -2.32. The van der Waals surface area contributed by atoms with E-state index in [0.717, 1.165) is 37.0 Å². The average Bonchev–Trinajstić information content (AvgIpc) is 2.77. The normalized spacial score (nSPS) is 21.5. The molecule has 0 radical (unpaired) electrons. The number of benzene rings is 1. The highest BCUT2D eigenvalue weighted by atomic mass is 16.5. The largest absolute Gasteiger partial charge is 0.463 e. The second kappa shape index (κ2) is 9.47. The summed E-state index contributed by atoms with van der Waals surface area (Å²) in [5, 5.41) is 11.8. The molecular formula is C25H33N5O3. The number of aliphatic hydroxyl groups excluding tert-OH is 1. The fourth-order valence-corrected chi connectivity index (χ4v) is 4.75. The van der Waals surface area contributed by atoms with Crippen molar-refractivity contribution in [2.24, 2.45) is 10.9 Å². The zero-order valence-corrected chi connectivity index (χ0v) is 19.6. The summed E-state index contributed by atoms with van der Waals surface area (Å²) in [4.78, 5) is 25.0.